The lowest BCUT2D eigenvalue weighted by Gasteiger charge is -2.20. The van der Waals surface area contributed by atoms with E-state index in [1.165, 1.54) is 19.3 Å². The van der Waals surface area contributed by atoms with Crippen molar-refractivity contribution in [2.24, 2.45) is 0 Å². The fraction of sp³-hybridized carbons (Fsp3) is 0.583. The fourth-order valence-corrected chi connectivity index (χ4v) is 5.87. The summed E-state index contributed by atoms with van der Waals surface area (Å²) in [7, 11) is -4.65. The van der Waals surface area contributed by atoms with Crippen LogP contribution in [0.25, 0.3) is 0 Å². The molecule has 0 aromatic rings. The Labute approximate surface area is 356 Å². The van der Waals surface area contributed by atoms with E-state index in [2.05, 4.69) is 116 Å². The number of phosphoric acid groups is 1. The van der Waals surface area contributed by atoms with Gasteiger partial charge in [0, 0.05) is 12.8 Å². The number of ether oxygens (including phenoxy) is 2. The molecule has 0 aliphatic rings. The molecule has 0 radical (unpaired) electrons. The number of rotatable bonds is 39. The number of phosphoric ester groups is 1. The molecule has 0 heterocycles. The lowest BCUT2D eigenvalue weighted by molar-refractivity contribution is -0.161. The molecular formula is C48H77O10P. The second-order valence-corrected chi connectivity index (χ2v) is 15.4. The maximum Gasteiger partial charge on any atom is 0.472 e. The molecule has 59 heavy (non-hydrogen) atoms. The second kappa shape index (κ2) is 42.7. The van der Waals surface area contributed by atoms with Crippen molar-refractivity contribution in [3.05, 3.63) is 109 Å². The monoisotopic (exact) mass is 845 g/mol. The van der Waals surface area contributed by atoms with Gasteiger partial charge in [-0.25, -0.2) is 4.57 Å². The molecule has 0 spiro atoms. The minimum atomic E-state index is -4.65. The molecule has 0 aliphatic heterocycles. The summed E-state index contributed by atoms with van der Waals surface area (Å²) in [5.74, 6) is -1.06. The Morgan fingerprint density at radius 2 is 0.966 bits per heavy atom. The number of allylic oxidation sites excluding steroid dienone is 18. The number of hydrogen-bond donors (Lipinski definition) is 3. The molecule has 0 saturated heterocycles. The first-order valence-corrected chi connectivity index (χ1v) is 23.3. The molecule has 3 atom stereocenters. The quantitative estimate of drug-likeness (QED) is 0.0236. The summed E-state index contributed by atoms with van der Waals surface area (Å²) in [5.41, 5.74) is 0. The van der Waals surface area contributed by atoms with Crippen LogP contribution in [0.5, 0.6) is 0 Å². The molecule has 334 valence electrons. The number of carbonyl (C=O) groups is 2. The van der Waals surface area contributed by atoms with Gasteiger partial charge in [0.25, 0.3) is 0 Å². The van der Waals surface area contributed by atoms with Crippen LogP contribution < -0.4 is 0 Å². The predicted molar refractivity (Wildman–Crippen MR) is 242 cm³/mol. The van der Waals surface area contributed by atoms with Gasteiger partial charge < -0.3 is 24.6 Å². The van der Waals surface area contributed by atoms with Crippen molar-refractivity contribution in [2.75, 3.05) is 26.4 Å². The molecule has 10 nitrogen and oxygen atoms in total. The Balaban J connectivity index is 4.49. The molecule has 1 unspecified atom stereocenters. The SMILES string of the molecule is CC/C=C\C/C=C\C/C=C\C/C=C\C/C=C\C/C=C\CCC(=O)OC[C@H](COP(=O)(O)OC[C@@H](O)CO)OC(=O)CCCCCC/C=C\C/C=C\C/C=C\CCCCC. The lowest BCUT2D eigenvalue weighted by Crippen LogP contribution is -2.29. The maximum atomic E-state index is 12.6. The highest BCUT2D eigenvalue weighted by Gasteiger charge is 2.27. The molecule has 0 aliphatic carbocycles. The first kappa shape index (κ1) is 55.6. The number of aliphatic hydroxyl groups excluding tert-OH is 2. The van der Waals surface area contributed by atoms with Crippen molar-refractivity contribution in [2.45, 2.75) is 154 Å². The molecule has 0 aromatic heterocycles. The molecule has 0 amide bonds. The van der Waals surface area contributed by atoms with Crippen LogP contribution in [0.15, 0.2) is 109 Å². The zero-order valence-electron chi connectivity index (χ0n) is 36.2. The normalized spacial score (nSPS) is 14.9. The summed E-state index contributed by atoms with van der Waals surface area (Å²) in [6, 6.07) is 0. The van der Waals surface area contributed by atoms with Gasteiger partial charge in [-0.3, -0.25) is 18.6 Å². The number of esters is 2. The molecule has 0 saturated carbocycles. The van der Waals surface area contributed by atoms with E-state index in [0.29, 0.717) is 12.8 Å². The average molecular weight is 845 g/mol. The second-order valence-electron chi connectivity index (χ2n) is 14.0. The summed E-state index contributed by atoms with van der Waals surface area (Å²) >= 11 is 0. The van der Waals surface area contributed by atoms with Gasteiger partial charge in [0.2, 0.25) is 0 Å². The van der Waals surface area contributed by atoms with Crippen LogP contribution >= 0.6 is 7.82 Å². The zero-order valence-corrected chi connectivity index (χ0v) is 37.1. The highest BCUT2D eigenvalue weighted by Crippen LogP contribution is 2.43. The zero-order chi connectivity index (χ0) is 43.3. The average Bonchev–Trinajstić information content (AvgIpc) is 3.22. The third kappa shape index (κ3) is 42.6. The summed E-state index contributed by atoms with van der Waals surface area (Å²) in [5, 5.41) is 18.3. The first-order valence-electron chi connectivity index (χ1n) is 21.8. The topological polar surface area (TPSA) is 149 Å². The minimum absolute atomic E-state index is 0.104. The third-order valence-corrected chi connectivity index (χ3v) is 9.38. The molecular weight excluding hydrogens is 767 g/mol. The van der Waals surface area contributed by atoms with E-state index in [1.807, 2.05) is 12.2 Å². The summed E-state index contributed by atoms with van der Waals surface area (Å²) in [6.07, 6.45) is 53.5. The van der Waals surface area contributed by atoms with E-state index >= 15 is 0 Å². The van der Waals surface area contributed by atoms with Crippen molar-refractivity contribution in [1.29, 1.82) is 0 Å². The smallest absolute Gasteiger partial charge is 0.462 e. The standard InChI is InChI=1S/C48H77O10P/c1-3-5-7-9-11-13-15-17-19-21-22-24-25-27-29-31-33-35-37-39-47(51)55-43-46(44-57-59(53,54)56-42-45(50)41-49)58-48(52)40-38-36-34-32-30-28-26-23-20-18-16-14-12-10-8-6-4-2/h5,7,11-14,17-20,22,24,26-29,33,35,45-46,49-50H,3-4,6,8-10,15-16,21,23,25,30-32,34,36-44H2,1-2H3,(H,53,54)/b7-5-,13-11-,14-12-,19-17-,20-18-,24-22-,28-26-,29-27-,35-33-/t45-,46+/m0/s1. The van der Waals surface area contributed by atoms with E-state index in [0.717, 1.165) is 83.5 Å². The molecule has 0 aromatic carbocycles. The van der Waals surface area contributed by atoms with Gasteiger partial charge in [-0.15, -0.1) is 0 Å². The Morgan fingerprint density at radius 1 is 0.525 bits per heavy atom. The van der Waals surface area contributed by atoms with Gasteiger partial charge in [-0.1, -0.05) is 149 Å². The summed E-state index contributed by atoms with van der Waals surface area (Å²) < 4.78 is 32.6. The van der Waals surface area contributed by atoms with Crippen LogP contribution in [-0.2, 0) is 32.7 Å². The Bertz CT molecular complexity index is 1340. The Morgan fingerprint density at radius 3 is 1.46 bits per heavy atom. The highest BCUT2D eigenvalue weighted by molar-refractivity contribution is 7.47. The number of carbonyl (C=O) groups excluding carboxylic acids is 2. The number of unbranched alkanes of at least 4 members (excludes halogenated alkanes) is 7. The van der Waals surface area contributed by atoms with Crippen molar-refractivity contribution in [3.63, 3.8) is 0 Å². The van der Waals surface area contributed by atoms with Gasteiger partial charge in [-0.05, 0) is 89.9 Å². The van der Waals surface area contributed by atoms with Crippen LogP contribution in [0.3, 0.4) is 0 Å². The van der Waals surface area contributed by atoms with E-state index in [4.69, 9.17) is 19.1 Å². The Kier molecular flexibility index (Phi) is 40.3. The maximum absolute atomic E-state index is 12.6. The van der Waals surface area contributed by atoms with Crippen molar-refractivity contribution >= 4 is 19.8 Å². The summed E-state index contributed by atoms with van der Waals surface area (Å²) in [6.45, 7) is 2.10. The van der Waals surface area contributed by atoms with Gasteiger partial charge in [0.15, 0.2) is 6.10 Å². The molecule has 0 fully saturated rings. The third-order valence-electron chi connectivity index (χ3n) is 8.42. The van der Waals surface area contributed by atoms with Crippen LogP contribution in [0.4, 0.5) is 0 Å². The van der Waals surface area contributed by atoms with E-state index in [1.54, 1.807) is 0 Å². The first-order chi connectivity index (χ1) is 28.7. The Hall–Kier alpha value is -3.37. The van der Waals surface area contributed by atoms with E-state index in [9.17, 15) is 24.2 Å². The van der Waals surface area contributed by atoms with E-state index in [-0.39, 0.29) is 19.4 Å². The molecule has 0 bridgehead atoms. The van der Waals surface area contributed by atoms with Crippen LogP contribution in [0.1, 0.15) is 142 Å². The fourth-order valence-electron chi connectivity index (χ4n) is 5.08. The largest absolute Gasteiger partial charge is 0.472 e. The van der Waals surface area contributed by atoms with Gasteiger partial charge in [0.05, 0.1) is 19.8 Å². The van der Waals surface area contributed by atoms with Crippen molar-refractivity contribution in [3.8, 4) is 0 Å². The molecule has 3 N–H and O–H groups in total. The minimum Gasteiger partial charge on any atom is -0.462 e. The number of aliphatic hydroxyl groups is 2. The predicted octanol–water partition coefficient (Wildman–Crippen LogP) is 11.8. The van der Waals surface area contributed by atoms with Crippen LogP contribution in [0, 0.1) is 0 Å². The van der Waals surface area contributed by atoms with Gasteiger partial charge >= 0.3 is 19.8 Å². The van der Waals surface area contributed by atoms with Gasteiger partial charge in [0.1, 0.15) is 12.7 Å². The van der Waals surface area contributed by atoms with Crippen LogP contribution in [0.2, 0.25) is 0 Å². The van der Waals surface area contributed by atoms with Crippen LogP contribution in [-0.4, -0.2) is 65.7 Å². The van der Waals surface area contributed by atoms with Crippen molar-refractivity contribution in [1.82, 2.24) is 0 Å². The number of hydrogen-bond acceptors (Lipinski definition) is 9. The van der Waals surface area contributed by atoms with Gasteiger partial charge in [-0.2, -0.15) is 0 Å². The highest BCUT2D eigenvalue weighted by atomic mass is 31.2. The lowest BCUT2D eigenvalue weighted by atomic mass is 10.1. The summed E-state index contributed by atoms with van der Waals surface area (Å²) in [4.78, 5) is 35.0. The van der Waals surface area contributed by atoms with E-state index < -0.39 is 51.8 Å². The van der Waals surface area contributed by atoms with Crippen molar-refractivity contribution < 1.29 is 47.8 Å². The molecule has 0 rings (SSSR count). The molecule has 11 heteroatoms.